The number of nitrogens with zero attached hydrogens (tertiary/aromatic N) is 2. The predicted octanol–water partition coefficient (Wildman–Crippen LogP) is 2.08. The maximum absolute atomic E-state index is 9.60. The number of hydrogen-bond donors (Lipinski definition) is 2. The third kappa shape index (κ3) is 2.96. The zero-order chi connectivity index (χ0) is 13.8. The molecule has 0 atom stereocenters. The van der Waals surface area contributed by atoms with Crippen LogP contribution in [0.2, 0.25) is 0 Å². The summed E-state index contributed by atoms with van der Waals surface area (Å²) in [5.41, 5.74) is 1.15. The minimum atomic E-state index is -0.0480. The fraction of sp³-hybridized carbons (Fsp3) is 0.688. The van der Waals surface area contributed by atoms with Crippen LogP contribution in [0.15, 0.2) is 18.3 Å². The molecule has 4 heteroatoms. The van der Waals surface area contributed by atoms with Crippen molar-refractivity contribution in [2.45, 2.75) is 50.6 Å². The average molecular weight is 275 g/mol. The molecule has 2 fully saturated rings. The molecule has 1 aromatic rings. The van der Waals surface area contributed by atoms with E-state index in [2.05, 4.69) is 27.3 Å². The predicted molar refractivity (Wildman–Crippen MR) is 80.8 cm³/mol. The molecule has 2 aliphatic rings. The van der Waals surface area contributed by atoms with Crippen LogP contribution < -0.4 is 10.2 Å². The second kappa shape index (κ2) is 6.10. The molecule has 2 N–H and O–H groups in total. The molecular weight excluding hydrogens is 250 g/mol. The monoisotopic (exact) mass is 275 g/mol. The molecule has 1 aliphatic carbocycles. The van der Waals surface area contributed by atoms with Crippen LogP contribution >= 0.6 is 0 Å². The van der Waals surface area contributed by atoms with Gasteiger partial charge in [-0.25, -0.2) is 4.98 Å². The summed E-state index contributed by atoms with van der Waals surface area (Å²) in [6.45, 7) is 3.32. The molecule has 1 aliphatic heterocycles. The van der Waals surface area contributed by atoms with Gasteiger partial charge in [0.25, 0.3) is 0 Å². The van der Waals surface area contributed by atoms with Crippen LogP contribution in [0.25, 0.3) is 0 Å². The zero-order valence-electron chi connectivity index (χ0n) is 12.1. The fourth-order valence-electron chi connectivity index (χ4n) is 3.39. The second-order valence-electron chi connectivity index (χ2n) is 6.22. The topological polar surface area (TPSA) is 48.4 Å². The van der Waals surface area contributed by atoms with Crippen molar-refractivity contribution in [1.82, 2.24) is 10.3 Å². The lowest BCUT2D eigenvalue weighted by Gasteiger charge is -2.28. The van der Waals surface area contributed by atoms with Gasteiger partial charge < -0.3 is 15.3 Å². The summed E-state index contributed by atoms with van der Waals surface area (Å²) in [4.78, 5) is 6.93. The van der Waals surface area contributed by atoms with Crippen LogP contribution in [-0.2, 0) is 6.54 Å². The number of anilines is 1. The van der Waals surface area contributed by atoms with E-state index in [1.807, 2.05) is 6.20 Å². The van der Waals surface area contributed by atoms with Gasteiger partial charge in [-0.3, -0.25) is 0 Å². The lowest BCUT2D eigenvalue weighted by Crippen LogP contribution is -2.45. The lowest BCUT2D eigenvalue weighted by atomic mass is 9.98. The summed E-state index contributed by atoms with van der Waals surface area (Å²) in [5, 5.41) is 13.1. The quantitative estimate of drug-likeness (QED) is 0.864. The Balaban J connectivity index is 1.57. The molecular formula is C16H25N3O. The summed E-state index contributed by atoms with van der Waals surface area (Å²) in [6.07, 6.45) is 9.15. The highest BCUT2D eigenvalue weighted by Crippen LogP contribution is 2.29. The Morgan fingerprint density at radius 2 is 1.90 bits per heavy atom. The first-order chi connectivity index (χ1) is 9.81. The van der Waals surface area contributed by atoms with Gasteiger partial charge in [-0.1, -0.05) is 18.9 Å². The molecule has 0 bridgehead atoms. The van der Waals surface area contributed by atoms with E-state index in [-0.39, 0.29) is 12.1 Å². The van der Waals surface area contributed by atoms with Gasteiger partial charge in [0.1, 0.15) is 5.82 Å². The molecule has 0 aromatic carbocycles. The number of aliphatic hydroxyl groups is 1. The molecule has 0 radical (unpaired) electrons. The number of hydrogen-bond acceptors (Lipinski definition) is 4. The third-order valence-corrected chi connectivity index (χ3v) is 4.77. The molecule has 110 valence electrons. The Morgan fingerprint density at radius 3 is 2.50 bits per heavy atom. The van der Waals surface area contributed by atoms with Gasteiger partial charge in [-0.15, -0.1) is 0 Å². The first-order valence-corrected chi connectivity index (χ1v) is 7.87. The molecule has 1 aromatic heterocycles. The minimum Gasteiger partial charge on any atom is -0.394 e. The molecule has 2 heterocycles. The van der Waals surface area contributed by atoms with Crippen molar-refractivity contribution in [3.05, 3.63) is 23.9 Å². The van der Waals surface area contributed by atoms with E-state index in [9.17, 15) is 5.11 Å². The fourth-order valence-corrected chi connectivity index (χ4v) is 3.39. The Bertz CT molecular complexity index is 420. The highest BCUT2D eigenvalue weighted by molar-refractivity contribution is 5.40. The molecule has 0 spiro atoms. The Kier molecular flexibility index (Phi) is 4.22. The summed E-state index contributed by atoms with van der Waals surface area (Å²) in [6, 6.07) is 4.29. The van der Waals surface area contributed by atoms with Crippen molar-refractivity contribution in [2.75, 3.05) is 24.6 Å². The number of aliphatic hydroxyl groups excluding tert-OH is 1. The molecule has 4 nitrogen and oxygen atoms in total. The van der Waals surface area contributed by atoms with Crippen molar-refractivity contribution >= 4 is 5.82 Å². The molecule has 0 amide bonds. The highest BCUT2D eigenvalue weighted by Gasteiger charge is 2.32. The standard InChI is InChI=1S/C16H25N3O/c20-13-16(7-1-2-8-16)18-12-14-5-6-15(17-11-14)19-9-3-4-10-19/h5-6,11,18,20H,1-4,7-10,12-13H2. The van der Waals surface area contributed by atoms with E-state index >= 15 is 0 Å². The third-order valence-electron chi connectivity index (χ3n) is 4.77. The van der Waals surface area contributed by atoms with Crippen LogP contribution in [0, 0.1) is 0 Å². The molecule has 0 unspecified atom stereocenters. The summed E-state index contributed by atoms with van der Waals surface area (Å²) in [7, 11) is 0. The van der Waals surface area contributed by atoms with Crippen molar-refractivity contribution < 1.29 is 5.11 Å². The van der Waals surface area contributed by atoms with Gasteiger partial charge in [0.15, 0.2) is 0 Å². The van der Waals surface area contributed by atoms with E-state index in [0.717, 1.165) is 38.3 Å². The van der Waals surface area contributed by atoms with Gasteiger partial charge in [-0.2, -0.15) is 0 Å². The SMILES string of the molecule is OCC1(NCc2ccc(N3CCCC3)nc2)CCCC1. The summed E-state index contributed by atoms with van der Waals surface area (Å²) in [5.74, 6) is 1.10. The first kappa shape index (κ1) is 13.8. The number of nitrogens with one attached hydrogen (secondary N) is 1. The van der Waals surface area contributed by atoms with Gasteiger partial charge in [0.05, 0.1) is 6.61 Å². The van der Waals surface area contributed by atoms with Crippen LogP contribution in [0.5, 0.6) is 0 Å². The van der Waals surface area contributed by atoms with Crippen molar-refractivity contribution in [3.8, 4) is 0 Å². The summed E-state index contributed by atoms with van der Waals surface area (Å²) >= 11 is 0. The zero-order valence-corrected chi connectivity index (χ0v) is 12.1. The molecule has 1 saturated heterocycles. The van der Waals surface area contributed by atoms with E-state index in [1.165, 1.54) is 31.2 Å². The average Bonchev–Trinajstić information content (AvgIpc) is 3.18. The molecule has 1 saturated carbocycles. The smallest absolute Gasteiger partial charge is 0.128 e. The first-order valence-electron chi connectivity index (χ1n) is 7.87. The van der Waals surface area contributed by atoms with Gasteiger partial charge >= 0.3 is 0 Å². The maximum Gasteiger partial charge on any atom is 0.128 e. The lowest BCUT2D eigenvalue weighted by molar-refractivity contribution is 0.163. The Labute approximate surface area is 121 Å². The minimum absolute atomic E-state index is 0.0480. The number of rotatable bonds is 5. The second-order valence-corrected chi connectivity index (χ2v) is 6.22. The van der Waals surface area contributed by atoms with Gasteiger partial charge in [0.2, 0.25) is 0 Å². The highest BCUT2D eigenvalue weighted by atomic mass is 16.3. The Hall–Kier alpha value is -1.13. The maximum atomic E-state index is 9.60. The molecule has 20 heavy (non-hydrogen) atoms. The van der Waals surface area contributed by atoms with Crippen molar-refractivity contribution in [3.63, 3.8) is 0 Å². The van der Waals surface area contributed by atoms with Gasteiger partial charge in [0, 0.05) is 31.4 Å². The summed E-state index contributed by atoms with van der Waals surface area (Å²) < 4.78 is 0. The van der Waals surface area contributed by atoms with Crippen LogP contribution in [0.1, 0.15) is 44.1 Å². The van der Waals surface area contributed by atoms with Gasteiger partial charge in [-0.05, 0) is 37.3 Å². The van der Waals surface area contributed by atoms with E-state index < -0.39 is 0 Å². The van der Waals surface area contributed by atoms with E-state index in [0.29, 0.717) is 0 Å². The number of pyridine rings is 1. The van der Waals surface area contributed by atoms with Crippen LogP contribution in [0.4, 0.5) is 5.82 Å². The van der Waals surface area contributed by atoms with E-state index in [4.69, 9.17) is 0 Å². The Morgan fingerprint density at radius 1 is 1.15 bits per heavy atom. The van der Waals surface area contributed by atoms with Crippen LogP contribution in [-0.4, -0.2) is 35.3 Å². The normalized spacial score (nSPS) is 21.6. The number of aromatic nitrogens is 1. The molecule has 3 rings (SSSR count). The van der Waals surface area contributed by atoms with E-state index in [1.54, 1.807) is 0 Å². The van der Waals surface area contributed by atoms with Crippen molar-refractivity contribution in [1.29, 1.82) is 0 Å². The van der Waals surface area contributed by atoms with Crippen molar-refractivity contribution in [2.24, 2.45) is 0 Å². The largest absolute Gasteiger partial charge is 0.394 e. The van der Waals surface area contributed by atoms with Crippen LogP contribution in [0.3, 0.4) is 0 Å².